The zero-order chi connectivity index (χ0) is 23.9. The summed E-state index contributed by atoms with van der Waals surface area (Å²) in [6, 6.07) is 25.0. The van der Waals surface area contributed by atoms with E-state index in [0.29, 0.717) is 24.3 Å². The van der Waals surface area contributed by atoms with Crippen molar-refractivity contribution in [2.75, 3.05) is 6.61 Å². The van der Waals surface area contributed by atoms with Crippen molar-refractivity contribution in [3.8, 4) is 11.8 Å². The smallest absolute Gasteiger partial charge is 0.271 e. The summed E-state index contributed by atoms with van der Waals surface area (Å²) in [5.74, 6) is 0.450. The van der Waals surface area contributed by atoms with Gasteiger partial charge in [0, 0.05) is 34.3 Å². The van der Waals surface area contributed by atoms with E-state index in [1.165, 1.54) is 0 Å². The van der Waals surface area contributed by atoms with Gasteiger partial charge in [-0.1, -0.05) is 43.3 Å². The number of rotatable bonds is 8. The number of hydrogen-bond donors (Lipinski definition) is 1. The maximum absolute atomic E-state index is 12.5. The van der Waals surface area contributed by atoms with E-state index in [9.17, 15) is 10.1 Å². The van der Waals surface area contributed by atoms with Crippen LogP contribution in [0.5, 0.6) is 5.75 Å². The van der Waals surface area contributed by atoms with Crippen molar-refractivity contribution in [1.82, 2.24) is 9.99 Å². The third-order valence-corrected chi connectivity index (χ3v) is 5.70. The second-order valence-electron chi connectivity index (χ2n) is 7.94. The number of aromatic nitrogens is 1. The van der Waals surface area contributed by atoms with Crippen LogP contribution in [0.25, 0.3) is 10.9 Å². The van der Waals surface area contributed by atoms with Gasteiger partial charge in [-0.15, -0.1) is 0 Å². The Morgan fingerprint density at radius 1 is 1.09 bits per heavy atom. The third-order valence-electron chi connectivity index (χ3n) is 5.70. The molecule has 34 heavy (non-hydrogen) atoms. The fourth-order valence-corrected chi connectivity index (χ4v) is 3.90. The number of carbonyl (C=O) groups excluding carboxylic acids is 1. The quantitative estimate of drug-likeness (QED) is 0.287. The molecule has 0 spiro atoms. The molecule has 0 aliphatic carbocycles. The second-order valence-corrected chi connectivity index (χ2v) is 7.94. The molecule has 1 heterocycles. The van der Waals surface area contributed by atoms with Gasteiger partial charge in [0.2, 0.25) is 0 Å². The molecule has 1 aromatic heterocycles. The topological polar surface area (TPSA) is 79.4 Å². The number of nitrogens with one attached hydrogen (secondary N) is 1. The first-order valence-electron chi connectivity index (χ1n) is 11.2. The first-order valence-corrected chi connectivity index (χ1v) is 11.2. The summed E-state index contributed by atoms with van der Waals surface area (Å²) < 4.78 is 7.73. The second kappa shape index (κ2) is 10.5. The zero-order valence-electron chi connectivity index (χ0n) is 19.3. The fraction of sp³-hybridized carbons (Fsp3) is 0.179. The van der Waals surface area contributed by atoms with Crippen molar-refractivity contribution in [2.45, 2.75) is 26.8 Å². The lowest BCUT2D eigenvalue weighted by molar-refractivity contribution is 0.0955. The van der Waals surface area contributed by atoms with Gasteiger partial charge >= 0.3 is 0 Å². The van der Waals surface area contributed by atoms with Crippen molar-refractivity contribution >= 4 is 23.0 Å². The van der Waals surface area contributed by atoms with Gasteiger partial charge in [0.25, 0.3) is 5.91 Å². The highest BCUT2D eigenvalue weighted by atomic mass is 16.5. The van der Waals surface area contributed by atoms with E-state index >= 15 is 0 Å². The first-order chi connectivity index (χ1) is 16.6. The Hall–Kier alpha value is -4.37. The third kappa shape index (κ3) is 4.84. The van der Waals surface area contributed by atoms with Crippen LogP contribution in [0.3, 0.4) is 0 Å². The monoisotopic (exact) mass is 450 g/mol. The highest BCUT2D eigenvalue weighted by Gasteiger charge is 2.14. The number of hydrazone groups is 1. The largest absolute Gasteiger partial charge is 0.494 e. The zero-order valence-corrected chi connectivity index (χ0v) is 19.3. The highest BCUT2D eigenvalue weighted by molar-refractivity contribution is 6.02. The van der Waals surface area contributed by atoms with Crippen LogP contribution in [-0.4, -0.2) is 23.3 Å². The normalized spacial score (nSPS) is 11.0. The predicted octanol–water partition coefficient (Wildman–Crippen LogP) is 5.42. The van der Waals surface area contributed by atoms with E-state index in [1.54, 1.807) is 30.5 Å². The molecule has 0 aliphatic rings. The molecule has 170 valence electrons. The fourth-order valence-electron chi connectivity index (χ4n) is 3.90. The van der Waals surface area contributed by atoms with E-state index in [0.717, 1.165) is 39.9 Å². The van der Waals surface area contributed by atoms with Gasteiger partial charge in [0.1, 0.15) is 5.75 Å². The Balaban J connectivity index is 1.56. The molecule has 0 unspecified atom stereocenters. The number of nitriles is 1. The SMILES string of the molecule is CCCOc1ccc(C(=O)N/N=C/c2c(C)n(Cc3ccccc3C#N)c3ccccc23)cc1. The van der Waals surface area contributed by atoms with Crippen molar-refractivity contribution < 1.29 is 9.53 Å². The van der Waals surface area contributed by atoms with Crippen molar-refractivity contribution in [1.29, 1.82) is 5.26 Å². The minimum Gasteiger partial charge on any atom is -0.494 e. The van der Waals surface area contributed by atoms with Gasteiger partial charge < -0.3 is 9.30 Å². The molecule has 1 N–H and O–H groups in total. The van der Waals surface area contributed by atoms with Gasteiger partial charge in [-0.2, -0.15) is 10.4 Å². The van der Waals surface area contributed by atoms with Gasteiger partial charge in [0.15, 0.2) is 0 Å². The molecule has 0 radical (unpaired) electrons. The number of para-hydroxylation sites is 1. The number of amides is 1. The lowest BCUT2D eigenvalue weighted by Gasteiger charge is -2.10. The Morgan fingerprint density at radius 2 is 1.82 bits per heavy atom. The maximum atomic E-state index is 12.5. The maximum Gasteiger partial charge on any atom is 0.271 e. The van der Waals surface area contributed by atoms with E-state index in [-0.39, 0.29) is 5.91 Å². The van der Waals surface area contributed by atoms with Crippen molar-refractivity contribution in [3.63, 3.8) is 0 Å². The molecule has 1 amide bonds. The van der Waals surface area contributed by atoms with Gasteiger partial charge in [-0.05, 0) is 55.3 Å². The van der Waals surface area contributed by atoms with E-state index in [1.807, 2.05) is 56.3 Å². The number of benzene rings is 3. The Bertz CT molecular complexity index is 1380. The summed E-state index contributed by atoms with van der Waals surface area (Å²) in [5.41, 5.74) is 7.71. The summed E-state index contributed by atoms with van der Waals surface area (Å²) >= 11 is 0. The van der Waals surface area contributed by atoms with Crippen molar-refractivity contribution in [2.24, 2.45) is 5.10 Å². The van der Waals surface area contributed by atoms with Gasteiger partial charge in [0.05, 0.1) is 24.5 Å². The lowest BCUT2D eigenvalue weighted by Crippen LogP contribution is -2.17. The van der Waals surface area contributed by atoms with Crippen LogP contribution >= 0.6 is 0 Å². The molecule has 0 saturated heterocycles. The van der Waals surface area contributed by atoms with Crippen LogP contribution < -0.4 is 10.2 Å². The van der Waals surface area contributed by atoms with E-state index in [4.69, 9.17) is 4.74 Å². The molecule has 0 atom stereocenters. The van der Waals surface area contributed by atoms with Crippen LogP contribution in [0.1, 0.15) is 46.1 Å². The molecule has 0 saturated carbocycles. The number of hydrogen-bond acceptors (Lipinski definition) is 4. The molecule has 4 rings (SSSR count). The summed E-state index contributed by atoms with van der Waals surface area (Å²) in [4.78, 5) is 12.5. The summed E-state index contributed by atoms with van der Waals surface area (Å²) in [6.07, 6.45) is 2.61. The van der Waals surface area contributed by atoms with Crippen molar-refractivity contribution in [3.05, 3.63) is 101 Å². The number of nitrogens with zero attached hydrogens (tertiary/aromatic N) is 3. The highest BCUT2D eigenvalue weighted by Crippen LogP contribution is 2.26. The molecular weight excluding hydrogens is 424 g/mol. The summed E-state index contributed by atoms with van der Waals surface area (Å²) in [7, 11) is 0. The average molecular weight is 451 g/mol. The molecule has 0 aliphatic heterocycles. The summed E-state index contributed by atoms with van der Waals surface area (Å²) in [5, 5.41) is 14.7. The van der Waals surface area contributed by atoms with E-state index < -0.39 is 0 Å². The van der Waals surface area contributed by atoms with Crippen LogP contribution in [0.4, 0.5) is 0 Å². The molecule has 3 aromatic carbocycles. The molecule has 6 heteroatoms. The minimum absolute atomic E-state index is 0.289. The molecule has 0 fully saturated rings. The number of ether oxygens (including phenoxy) is 1. The molecular formula is C28H26N4O2. The average Bonchev–Trinajstić information content (AvgIpc) is 3.14. The number of fused-ring (bicyclic) bond motifs is 1. The molecule has 4 aromatic rings. The lowest BCUT2D eigenvalue weighted by atomic mass is 10.1. The predicted molar refractivity (Wildman–Crippen MR) is 134 cm³/mol. The Labute approximate surface area is 199 Å². The van der Waals surface area contributed by atoms with Crippen LogP contribution in [0, 0.1) is 18.3 Å². The minimum atomic E-state index is -0.289. The molecule has 6 nitrogen and oxygen atoms in total. The van der Waals surface area contributed by atoms with E-state index in [2.05, 4.69) is 27.2 Å². The molecule has 0 bridgehead atoms. The van der Waals surface area contributed by atoms with Crippen LogP contribution in [0.15, 0.2) is 77.9 Å². The van der Waals surface area contributed by atoms with Gasteiger partial charge in [-0.3, -0.25) is 4.79 Å². The number of carbonyl (C=O) groups is 1. The van der Waals surface area contributed by atoms with Gasteiger partial charge in [-0.25, -0.2) is 5.43 Å². The standard InChI is InChI=1S/C28H26N4O2/c1-3-16-34-24-14-12-21(13-15-24)28(33)31-30-18-26-20(2)32(27-11-7-6-10-25(26)27)19-23-9-5-4-8-22(23)17-29/h4-15,18H,3,16,19H2,1-2H3,(H,31,33)/b30-18+. The van der Waals surface area contributed by atoms with Crippen LogP contribution in [-0.2, 0) is 6.54 Å². The van der Waals surface area contributed by atoms with Crippen LogP contribution in [0.2, 0.25) is 0 Å². The Kier molecular flexibility index (Phi) is 7.04. The first kappa shape index (κ1) is 22.8. The Morgan fingerprint density at radius 3 is 2.59 bits per heavy atom. The summed E-state index contributed by atoms with van der Waals surface area (Å²) in [6.45, 7) is 5.28.